The predicted molar refractivity (Wildman–Crippen MR) is 115 cm³/mol. The van der Waals surface area contributed by atoms with E-state index in [1.165, 1.54) is 5.39 Å². The van der Waals surface area contributed by atoms with Crippen molar-refractivity contribution in [1.82, 2.24) is 4.68 Å². The molecule has 0 bridgehead atoms. The Hall–Kier alpha value is -3.45. The van der Waals surface area contributed by atoms with Crippen molar-refractivity contribution in [2.45, 2.75) is 33.7 Å². The van der Waals surface area contributed by atoms with Gasteiger partial charge >= 0.3 is 0 Å². The van der Waals surface area contributed by atoms with Crippen LogP contribution in [0.1, 0.15) is 36.7 Å². The summed E-state index contributed by atoms with van der Waals surface area (Å²) in [6.07, 6.45) is 2.11. The number of rotatable bonds is 3. The number of para-hydroxylation sites is 1. The molecule has 0 aliphatic heterocycles. The predicted octanol–water partition coefficient (Wildman–Crippen LogP) is 4.48. The first-order chi connectivity index (χ1) is 13.9. The van der Waals surface area contributed by atoms with Gasteiger partial charge in [-0.2, -0.15) is 14.5 Å². The Morgan fingerprint density at radius 1 is 1.00 bits per heavy atom. The van der Waals surface area contributed by atoms with Gasteiger partial charge in [0.25, 0.3) is 0 Å². The van der Waals surface area contributed by atoms with E-state index < -0.39 is 0 Å². The van der Waals surface area contributed by atoms with Gasteiger partial charge in [0.15, 0.2) is 12.7 Å². The lowest BCUT2D eigenvalue weighted by atomic mass is 9.99. The Bertz CT molecular complexity index is 1270. The first kappa shape index (κ1) is 18.9. The van der Waals surface area contributed by atoms with Gasteiger partial charge in [0.2, 0.25) is 16.9 Å². The first-order valence-corrected chi connectivity index (χ1v) is 9.95. The van der Waals surface area contributed by atoms with Crippen molar-refractivity contribution in [2.75, 3.05) is 0 Å². The normalized spacial score (nSPS) is 11.2. The fourth-order valence-electron chi connectivity index (χ4n) is 4.15. The summed E-state index contributed by atoms with van der Waals surface area (Å²) in [6.45, 7) is 8.60. The lowest BCUT2D eigenvalue weighted by Gasteiger charge is -2.10. The average Bonchev–Trinajstić information content (AvgIpc) is 3.10. The second-order valence-electron chi connectivity index (χ2n) is 7.85. The van der Waals surface area contributed by atoms with Gasteiger partial charge in [-0.3, -0.25) is 0 Å². The van der Waals surface area contributed by atoms with Crippen LogP contribution < -0.4 is 9.25 Å². The lowest BCUT2D eigenvalue weighted by Crippen LogP contribution is -2.41. The third kappa shape index (κ3) is 3.09. The van der Waals surface area contributed by atoms with Crippen molar-refractivity contribution < 1.29 is 9.25 Å². The van der Waals surface area contributed by atoms with E-state index in [1.807, 2.05) is 12.1 Å². The molecule has 0 saturated carbocycles. The number of pyridine rings is 1. The summed E-state index contributed by atoms with van der Waals surface area (Å²) < 4.78 is 6.62. The molecule has 4 rings (SSSR count). The summed E-state index contributed by atoms with van der Waals surface area (Å²) >= 11 is 0. The van der Waals surface area contributed by atoms with E-state index in [-0.39, 0.29) is 0 Å². The van der Waals surface area contributed by atoms with Gasteiger partial charge < -0.3 is 0 Å². The van der Waals surface area contributed by atoms with Crippen LogP contribution in [0.3, 0.4) is 0 Å². The second kappa shape index (κ2) is 7.18. The van der Waals surface area contributed by atoms with Crippen molar-refractivity contribution in [1.29, 1.82) is 5.26 Å². The largest absolute Gasteiger partial charge is 0.238 e. The van der Waals surface area contributed by atoms with Gasteiger partial charge in [0.05, 0.1) is 29.4 Å². The Morgan fingerprint density at radius 3 is 2.45 bits per heavy atom. The lowest BCUT2D eigenvalue weighted by molar-refractivity contribution is -0.745. The molecule has 0 N–H and O–H groups in total. The summed E-state index contributed by atoms with van der Waals surface area (Å²) in [5.74, 6) is 0. The molecule has 4 nitrogen and oxygen atoms in total. The van der Waals surface area contributed by atoms with Crippen LogP contribution in [0.25, 0.3) is 27.8 Å². The van der Waals surface area contributed by atoms with E-state index in [0.717, 1.165) is 33.7 Å². The highest BCUT2D eigenvalue weighted by Gasteiger charge is 2.26. The van der Waals surface area contributed by atoms with Crippen LogP contribution in [0.15, 0.2) is 60.8 Å². The number of fused-ring (bicyclic) bond motifs is 1. The molecule has 2 aromatic carbocycles. The van der Waals surface area contributed by atoms with Crippen molar-refractivity contribution in [3.8, 4) is 23.0 Å². The number of aryl methyl sites for hydroxylation is 1. The van der Waals surface area contributed by atoms with Gasteiger partial charge in [-0.05, 0) is 39.0 Å². The number of benzene rings is 2. The number of aromatic nitrogens is 3. The zero-order chi connectivity index (χ0) is 20.7. The van der Waals surface area contributed by atoms with Crippen LogP contribution in [0.2, 0.25) is 0 Å². The molecule has 0 saturated heterocycles. The second-order valence-corrected chi connectivity index (χ2v) is 7.85. The van der Waals surface area contributed by atoms with Crippen LogP contribution in [0.5, 0.6) is 0 Å². The van der Waals surface area contributed by atoms with Crippen LogP contribution in [0, 0.1) is 25.2 Å². The minimum atomic E-state index is 0.363. The van der Waals surface area contributed by atoms with Crippen LogP contribution in [-0.2, 0) is 7.05 Å². The number of nitriles is 1. The molecule has 4 heteroatoms. The number of nitrogens with zero attached hydrogens (tertiary/aromatic N) is 4. The fraction of sp³-hybridized carbons (Fsp3) is 0.240. The molecule has 0 amide bonds. The molecular weight excluding hydrogens is 356 g/mol. The van der Waals surface area contributed by atoms with E-state index in [9.17, 15) is 5.26 Å². The van der Waals surface area contributed by atoms with Crippen LogP contribution in [-0.4, -0.2) is 4.68 Å². The number of hydrogen-bond acceptors (Lipinski definition) is 1. The highest BCUT2D eigenvalue weighted by Crippen LogP contribution is 2.27. The summed E-state index contributed by atoms with van der Waals surface area (Å²) in [5, 5.41) is 10.9. The molecule has 29 heavy (non-hydrogen) atoms. The molecule has 0 unspecified atom stereocenters. The summed E-state index contributed by atoms with van der Waals surface area (Å²) in [5.41, 5.74) is 7.33. The highest BCUT2D eigenvalue weighted by atomic mass is 15.4. The minimum absolute atomic E-state index is 0.363. The van der Waals surface area contributed by atoms with E-state index in [4.69, 9.17) is 0 Å². The molecule has 0 aliphatic rings. The molecule has 2 heterocycles. The summed E-state index contributed by atoms with van der Waals surface area (Å²) in [7, 11) is 2.07. The minimum Gasteiger partial charge on any atom is -0.192 e. The molecule has 4 aromatic rings. The third-order valence-electron chi connectivity index (χ3n) is 5.67. The van der Waals surface area contributed by atoms with Gasteiger partial charge in [-0.1, -0.05) is 12.1 Å². The van der Waals surface area contributed by atoms with Crippen molar-refractivity contribution in [2.24, 2.45) is 7.05 Å². The van der Waals surface area contributed by atoms with Crippen molar-refractivity contribution >= 4 is 10.9 Å². The van der Waals surface area contributed by atoms with Gasteiger partial charge in [0, 0.05) is 42.1 Å². The van der Waals surface area contributed by atoms with Gasteiger partial charge in [-0.25, -0.2) is 0 Å². The van der Waals surface area contributed by atoms with Crippen LogP contribution in [0.4, 0.5) is 0 Å². The highest BCUT2D eigenvalue weighted by molar-refractivity contribution is 5.76. The SMILES string of the molecule is Cc1c(-c2ccn(C(C)C)[n+]2C)cc(C#N)cc1-[n+]1c(C)ccc2ccccc21. The standard InChI is InChI=1S/C25H26N4/c1-17(2)28-13-12-24(27(28)5)22-14-20(16-26)15-25(19(22)4)29-18(3)10-11-21-8-6-7-9-23(21)29/h6-15,17H,1-5H3/q+2. The quantitative estimate of drug-likeness (QED) is 0.481. The zero-order valence-corrected chi connectivity index (χ0v) is 17.6. The van der Waals surface area contributed by atoms with Crippen LogP contribution >= 0.6 is 0 Å². The Kier molecular flexibility index (Phi) is 4.68. The summed E-state index contributed by atoms with van der Waals surface area (Å²) in [6, 6.07) is 21.5. The topological polar surface area (TPSA) is 36.5 Å². The van der Waals surface area contributed by atoms with E-state index in [1.54, 1.807) is 0 Å². The molecule has 0 radical (unpaired) electrons. The fourth-order valence-corrected chi connectivity index (χ4v) is 4.15. The van der Waals surface area contributed by atoms with Gasteiger partial charge in [-0.15, -0.1) is 4.68 Å². The smallest absolute Gasteiger partial charge is 0.192 e. The number of hydrogen-bond donors (Lipinski definition) is 0. The van der Waals surface area contributed by atoms with Gasteiger partial charge in [0.1, 0.15) is 0 Å². The molecule has 144 valence electrons. The summed E-state index contributed by atoms with van der Waals surface area (Å²) in [4.78, 5) is 0. The maximum atomic E-state index is 9.75. The monoisotopic (exact) mass is 382 g/mol. The van der Waals surface area contributed by atoms with E-state index in [2.05, 4.69) is 103 Å². The molecule has 0 atom stereocenters. The zero-order valence-electron chi connectivity index (χ0n) is 17.6. The average molecular weight is 383 g/mol. The first-order valence-electron chi connectivity index (χ1n) is 9.95. The Labute approximate surface area is 171 Å². The van der Waals surface area contributed by atoms with Crippen molar-refractivity contribution in [3.05, 3.63) is 77.6 Å². The molecule has 0 spiro atoms. The maximum absolute atomic E-state index is 9.75. The Balaban J connectivity index is 2.05. The molecule has 0 fully saturated rings. The molecule has 0 aliphatic carbocycles. The van der Waals surface area contributed by atoms with E-state index >= 15 is 0 Å². The molecule has 2 aromatic heterocycles. The van der Waals surface area contributed by atoms with Crippen molar-refractivity contribution in [3.63, 3.8) is 0 Å². The van der Waals surface area contributed by atoms with E-state index in [0.29, 0.717) is 11.6 Å². The maximum Gasteiger partial charge on any atom is 0.238 e. The molecular formula is C25H26N4+2. The third-order valence-corrected chi connectivity index (χ3v) is 5.67. The Morgan fingerprint density at radius 2 is 1.76 bits per heavy atom.